The highest BCUT2D eigenvalue weighted by molar-refractivity contribution is 7.92. The van der Waals surface area contributed by atoms with E-state index in [1.807, 2.05) is 51.1 Å². The summed E-state index contributed by atoms with van der Waals surface area (Å²) < 4.78 is 34.9. The van der Waals surface area contributed by atoms with Crippen molar-refractivity contribution in [1.82, 2.24) is 10.2 Å². The molecular weight excluding hydrogens is 657 g/mol. The van der Waals surface area contributed by atoms with E-state index in [9.17, 15) is 18.0 Å². The Morgan fingerprint density at radius 1 is 0.872 bits per heavy atom. The highest BCUT2D eigenvalue weighted by Gasteiger charge is 2.35. The molecule has 2 amide bonds. The number of hydrogen-bond acceptors (Lipinski definition) is 5. The predicted molar refractivity (Wildman–Crippen MR) is 187 cm³/mol. The second-order valence-corrected chi connectivity index (χ2v) is 13.7. The van der Waals surface area contributed by atoms with Crippen molar-refractivity contribution in [2.45, 2.75) is 57.1 Å². The van der Waals surface area contributed by atoms with Gasteiger partial charge in [-0.3, -0.25) is 13.9 Å². The number of halogens is 2. The van der Waals surface area contributed by atoms with Crippen LogP contribution >= 0.6 is 23.2 Å². The Hall–Kier alpha value is -4.05. The van der Waals surface area contributed by atoms with E-state index < -0.39 is 28.5 Å². The lowest BCUT2D eigenvalue weighted by molar-refractivity contribution is -0.140. The van der Waals surface area contributed by atoms with E-state index in [0.717, 1.165) is 9.87 Å². The van der Waals surface area contributed by atoms with E-state index in [2.05, 4.69) is 5.32 Å². The molecule has 0 aliphatic heterocycles. The molecule has 0 heterocycles. The second-order valence-electron chi connectivity index (χ2n) is 11.0. The van der Waals surface area contributed by atoms with Crippen LogP contribution < -0.4 is 14.4 Å². The van der Waals surface area contributed by atoms with Gasteiger partial charge in [-0.15, -0.1) is 0 Å². The van der Waals surface area contributed by atoms with Crippen molar-refractivity contribution in [1.29, 1.82) is 0 Å². The normalized spacial score (nSPS) is 12.5. The molecule has 0 aromatic heterocycles. The van der Waals surface area contributed by atoms with Crippen molar-refractivity contribution in [2.24, 2.45) is 0 Å². The number of para-hydroxylation sites is 1. The van der Waals surface area contributed by atoms with Crippen LogP contribution in [0.4, 0.5) is 5.69 Å². The monoisotopic (exact) mass is 695 g/mol. The summed E-state index contributed by atoms with van der Waals surface area (Å²) in [4.78, 5) is 29.9. The first-order valence-electron chi connectivity index (χ1n) is 15.4. The molecule has 4 aromatic carbocycles. The largest absolute Gasteiger partial charge is 0.494 e. The van der Waals surface area contributed by atoms with Crippen molar-refractivity contribution in [2.75, 3.05) is 17.5 Å². The minimum atomic E-state index is -4.24. The SMILES string of the molecule is CCOc1ccc(S(=O)(=O)N(CC(=O)N(Cc2ccc(Cl)cc2Cl)[C@H](Cc2ccccc2)C(=O)N[C@H](C)CC)c2ccccc2)cc1. The molecule has 0 radical (unpaired) electrons. The maximum absolute atomic E-state index is 14.6. The number of rotatable bonds is 15. The minimum absolute atomic E-state index is 0.0137. The van der Waals surface area contributed by atoms with Crippen LogP contribution in [0.2, 0.25) is 10.0 Å². The third-order valence-electron chi connectivity index (χ3n) is 7.67. The summed E-state index contributed by atoms with van der Waals surface area (Å²) in [7, 11) is -4.24. The molecule has 8 nitrogen and oxygen atoms in total. The lowest BCUT2D eigenvalue weighted by Gasteiger charge is -2.34. The zero-order valence-corrected chi connectivity index (χ0v) is 28.9. The Kier molecular flexibility index (Phi) is 12.7. The van der Waals surface area contributed by atoms with Gasteiger partial charge in [0.2, 0.25) is 11.8 Å². The highest BCUT2D eigenvalue weighted by Crippen LogP contribution is 2.28. The maximum atomic E-state index is 14.6. The van der Waals surface area contributed by atoms with Crippen LogP contribution in [0, 0.1) is 0 Å². The molecule has 0 aliphatic rings. The molecule has 0 spiro atoms. The van der Waals surface area contributed by atoms with Gasteiger partial charge in [-0.1, -0.05) is 84.7 Å². The molecule has 1 N–H and O–H groups in total. The fourth-order valence-electron chi connectivity index (χ4n) is 4.95. The predicted octanol–water partition coefficient (Wildman–Crippen LogP) is 7.14. The summed E-state index contributed by atoms with van der Waals surface area (Å²) in [6.07, 6.45) is 0.875. The average Bonchev–Trinajstić information content (AvgIpc) is 3.07. The molecule has 11 heteroatoms. The lowest BCUT2D eigenvalue weighted by atomic mass is 10.0. The van der Waals surface area contributed by atoms with Gasteiger partial charge in [0.1, 0.15) is 18.3 Å². The molecule has 0 bridgehead atoms. The van der Waals surface area contributed by atoms with Crippen molar-refractivity contribution < 1.29 is 22.7 Å². The molecule has 4 rings (SSSR count). The molecule has 47 heavy (non-hydrogen) atoms. The highest BCUT2D eigenvalue weighted by atomic mass is 35.5. The number of sulfonamides is 1. The van der Waals surface area contributed by atoms with Gasteiger partial charge >= 0.3 is 0 Å². The van der Waals surface area contributed by atoms with Gasteiger partial charge in [-0.25, -0.2) is 8.42 Å². The first-order valence-corrected chi connectivity index (χ1v) is 17.6. The van der Waals surface area contributed by atoms with Crippen molar-refractivity contribution >= 4 is 50.7 Å². The van der Waals surface area contributed by atoms with Gasteiger partial charge < -0.3 is 15.0 Å². The van der Waals surface area contributed by atoms with Crippen LogP contribution in [0.5, 0.6) is 5.75 Å². The van der Waals surface area contributed by atoms with Crippen molar-refractivity contribution in [3.63, 3.8) is 0 Å². The Morgan fingerprint density at radius 3 is 2.11 bits per heavy atom. The first-order chi connectivity index (χ1) is 22.5. The first kappa shape index (κ1) is 35.8. The number of carbonyl (C=O) groups excluding carboxylic acids is 2. The molecule has 248 valence electrons. The van der Waals surface area contributed by atoms with Crippen LogP contribution in [0.15, 0.2) is 108 Å². The number of anilines is 1. The van der Waals surface area contributed by atoms with Crippen molar-refractivity contribution in [3.05, 3.63) is 124 Å². The fourth-order valence-corrected chi connectivity index (χ4v) is 6.84. The summed E-state index contributed by atoms with van der Waals surface area (Å²) in [5.41, 5.74) is 1.68. The standard InChI is InChI=1S/C36H39Cl2N3O5S/c1-4-26(3)39-36(43)34(22-27-12-8-6-9-13-27)40(24-28-16-17-29(37)23-33(28)38)35(42)25-41(30-14-10-7-11-15-30)47(44,45)32-20-18-31(19-21-32)46-5-2/h6-21,23,26,34H,4-5,22,24-25H2,1-3H3,(H,39,43)/t26-,34-/m1/s1. The number of amides is 2. The third kappa shape index (κ3) is 9.50. The smallest absolute Gasteiger partial charge is 0.264 e. The lowest BCUT2D eigenvalue weighted by Crippen LogP contribution is -2.54. The Balaban J connectivity index is 1.80. The fraction of sp³-hybridized carbons (Fsp3) is 0.278. The third-order valence-corrected chi connectivity index (χ3v) is 10.0. The van der Waals surface area contributed by atoms with Gasteiger partial charge in [0.15, 0.2) is 0 Å². The van der Waals surface area contributed by atoms with Crippen LogP contribution in [0.1, 0.15) is 38.3 Å². The zero-order valence-electron chi connectivity index (χ0n) is 26.6. The number of benzene rings is 4. The van der Waals surface area contributed by atoms with Crippen LogP contribution in [-0.4, -0.2) is 50.4 Å². The molecule has 0 saturated heterocycles. The average molecular weight is 697 g/mol. The number of ether oxygens (including phenoxy) is 1. The summed E-state index contributed by atoms with van der Waals surface area (Å²) in [5.74, 6) is -0.423. The van der Waals surface area contributed by atoms with E-state index in [4.69, 9.17) is 27.9 Å². The number of carbonyl (C=O) groups is 2. The van der Waals surface area contributed by atoms with E-state index in [1.165, 1.54) is 17.0 Å². The summed E-state index contributed by atoms with van der Waals surface area (Å²) in [5, 5.41) is 3.76. The van der Waals surface area contributed by atoms with Gasteiger partial charge in [0.05, 0.1) is 17.2 Å². The maximum Gasteiger partial charge on any atom is 0.264 e. The zero-order chi connectivity index (χ0) is 34.0. The van der Waals surface area contributed by atoms with E-state index in [1.54, 1.807) is 60.7 Å². The number of nitrogens with zero attached hydrogens (tertiary/aromatic N) is 2. The topological polar surface area (TPSA) is 96.0 Å². The van der Waals surface area contributed by atoms with Gasteiger partial charge in [0, 0.05) is 29.1 Å². The van der Waals surface area contributed by atoms with Crippen molar-refractivity contribution in [3.8, 4) is 5.75 Å². The summed E-state index contributed by atoms with van der Waals surface area (Å²) in [6, 6.07) is 27.6. The van der Waals surface area contributed by atoms with E-state index in [-0.39, 0.29) is 29.8 Å². The minimum Gasteiger partial charge on any atom is -0.494 e. The summed E-state index contributed by atoms with van der Waals surface area (Å²) in [6.45, 7) is 5.47. The van der Waals surface area contributed by atoms with E-state index in [0.29, 0.717) is 40.1 Å². The van der Waals surface area contributed by atoms with Gasteiger partial charge in [-0.2, -0.15) is 0 Å². The number of nitrogens with one attached hydrogen (secondary N) is 1. The van der Waals surface area contributed by atoms with E-state index >= 15 is 0 Å². The molecular formula is C36H39Cl2N3O5S. The quantitative estimate of drug-likeness (QED) is 0.143. The van der Waals surface area contributed by atoms with Gasteiger partial charge in [-0.05, 0) is 79.9 Å². The van der Waals surface area contributed by atoms with Gasteiger partial charge in [0.25, 0.3) is 10.0 Å². The Labute approximate surface area is 287 Å². The molecule has 2 atom stereocenters. The second kappa shape index (κ2) is 16.7. The molecule has 0 unspecified atom stereocenters. The number of hydrogen-bond donors (Lipinski definition) is 1. The Morgan fingerprint density at radius 2 is 1.51 bits per heavy atom. The molecule has 0 saturated carbocycles. The summed E-state index contributed by atoms with van der Waals surface area (Å²) >= 11 is 12.8. The molecule has 0 aliphatic carbocycles. The molecule has 4 aromatic rings. The Bertz CT molecular complexity index is 1740. The van der Waals surface area contributed by atoms with Crippen LogP contribution in [0.3, 0.4) is 0 Å². The molecule has 0 fully saturated rings. The van der Waals surface area contributed by atoms with Crippen LogP contribution in [-0.2, 0) is 32.6 Å². The van der Waals surface area contributed by atoms with Crippen LogP contribution in [0.25, 0.3) is 0 Å².